The number of hydrogen-bond acceptors (Lipinski definition) is 5. The fourth-order valence-electron chi connectivity index (χ4n) is 1.33. The molecule has 0 saturated heterocycles. The van der Waals surface area contributed by atoms with E-state index in [0.717, 1.165) is 23.0 Å². The second-order valence-corrected chi connectivity index (χ2v) is 5.55. The van der Waals surface area contributed by atoms with Crippen LogP contribution in [0.2, 0.25) is 0 Å². The average Bonchev–Trinajstić information content (AvgIpc) is 2.56. The lowest BCUT2D eigenvalue weighted by Gasteiger charge is -2.17. The number of anilines is 1. The average molecular weight is 259 g/mol. The first-order chi connectivity index (χ1) is 7.58. The van der Waals surface area contributed by atoms with Crippen molar-refractivity contribution in [2.75, 3.05) is 24.6 Å². The molecule has 6 heteroatoms. The third-order valence-corrected chi connectivity index (χ3v) is 4.55. The van der Waals surface area contributed by atoms with Crippen molar-refractivity contribution in [1.29, 1.82) is 0 Å². The topological polar surface area (TPSA) is 59.2 Å². The summed E-state index contributed by atoms with van der Waals surface area (Å²) in [4.78, 5) is 17.7. The minimum Gasteiger partial charge on any atom is -0.375 e. The molecule has 90 valence electrons. The van der Waals surface area contributed by atoms with Crippen LogP contribution in [-0.4, -0.2) is 34.6 Å². The van der Waals surface area contributed by atoms with E-state index in [1.54, 1.807) is 0 Å². The van der Waals surface area contributed by atoms with Crippen LogP contribution in [0, 0.1) is 6.92 Å². The molecule has 0 aliphatic heterocycles. The molecule has 1 amide bonds. The Hall–Kier alpha value is -0.750. The van der Waals surface area contributed by atoms with Crippen LogP contribution < -0.4 is 5.73 Å². The van der Waals surface area contributed by atoms with Gasteiger partial charge in [-0.1, -0.05) is 11.3 Å². The number of amides is 1. The van der Waals surface area contributed by atoms with Crippen LogP contribution in [0.1, 0.15) is 19.5 Å². The van der Waals surface area contributed by atoms with E-state index in [2.05, 4.69) is 4.98 Å². The summed E-state index contributed by atoms with van der Waals surface area (Å²) in [7, 11) is 0. The maximum absolute atomic E-state index is 11.8. The molecule has 0 spiro atoms. The molecule has 1 aromatic rings. The molecule has 0 unspecified atom stereocenters. The molecule has 0 atom stereocenters. The number of nitrogens with two attached hydrogens (primary N) is 1. The maximum Gasteiger partial charge on any atom is 0.232 e. The SMILES string of the molecule is CCN(CC)C(=O)CSc1sc(N)nc1C. The molecular weight excluding hydrogens is 242 g/mol. The highest BCUT2D eigenvalue weighted by molar-refractivity contribution is 8.01. The van der Waals surface area contributed by atoms with Crippen LogP contribution in [0.3, 0.4) is 0 Å². The van der Waals surface area contributed by atoms with Gasteiger partial charge in [-0.2, -0.15) is 0 Å². The van der Waals surface area contributed by atoms with Gasteiger partial charge in [0.1, 0.15) is 0 Å². The summed E-state index contributed by atoms with van der Waals surface area (Å²) < 4.78 is 1.04. The predicted octanol–water partition coefficient (Wildman–Crippen LogP) is 1.99. The zero-order chi connectivity index (χ0) is 12.1. The number of carbonyl (C=O) groups excluding carboxylic acids is 1. The Kier molecular flexibility index (Phi) is 5.08. The van der Waals surface area contributed by atoms with Crippen molar-refractivity contribution < 1.29 is 4.79 Å². The van der Waals surface area contributed by atoms with Gasteiger partial charge in [0.2, 0.25) is 5.91 Å². The fourth-order valence-corrected chi connectivity index (χ4v) is 3.26. The Balaban J connectivity index is 2.51. The van der Waals surface area contributed by atoms with Crippen LogP contribution >= 0.6 is 23.1 Å². The number of nitrogens with zero attached hydrogens (tertiary/aromatic N) is 2. The molecule has 1 aromatic heterocycles. The number of rotatable bonds is 5. The summed E-state index contributed by atoms with van der Waals surface area (Å²) in [5.74, 6) is 0.630. The number of hydrogen-bond donors (Lipinski definition) is 1. The number of thiazole rings is 1. The van der Waals surface area contributed by atoms with E-state index in [1.807, 2.05) is 25.7 Å². The Morgan fingerprint density at radius 3 is 2.56 bits per heavy atom. The molecule has 4 nitrogen and oxygen atoms in total. The molecule has 0 bridgehead atoms. The third-order valence-electron chi connectivity index (χ3n) is 2.21. The van der Waals surface area contributed by atoms with Gasteiger partial charge in [0, 0.05) is 13.1 Å². The van der Waals surface area contributed by atoms with E-state index in [0.29, 0.717) is 10.9 Å². The van der Waals surface area contributed by atoms with Crippen molar-refractivity contribution in [2.24, 2.45) is 0 Å². The van der Waals surface area contributed by atoms with Crippen molar-refractivity contribution in [3.63, 3.8) is 0 Å². The minimum atomic E-state index is 0.168. The minimum absolute atomic E-state index is 0.168. The zero-order valence-electron chi connectivity index (χ0n) is 9.82. The summed E-state index contributed by atoms with van der Waals surface area (Å²) in [6, 6.07) is 0. The third kappa shape index (κ3) is 3.38. The van der Waals surface area contributed by atoms with Gasteiger partial charge in [-0.3, -0.25) is 4.79 Å². The monoisotopic (exact) mass is 259 g/mol. The van der Waals surface area contributed by atoms with Gasteiger partial charge >= 0.3 is 0 Å². The first kappa shape index (κ1) is 13.3. The molecule has 1 heterocycles. The zero-order valence-corrected chi connectivity index (χ0v) is 11.5. The molecule has 0 radical (unpaired) electrons. The summed E-state index contributed by atoms with van der Waals surface area (Å²) in [6.45, 7) is 7.42. The lowest BCUT2D eigenvalue weighted by atomic mass is 10.5. The van der Waals surface area contributed by atoms with E-state index >= 15 is 0 Å². The van der Waals surface area contributed by atoms with E-state index in [-0.39, 0.29) is 5.91 Å². The van der Waals surface area contributed by atoms with Gasteiger partial charge in [-0.15, -0.1) is 11.8 Å². The van der Waals surface area contributed by atoms with Crippen LogP contribution in [0.25, 0.3) is 0 Å². The maximum atomic E-state index is 11.8. The largest absolute Gasteiger partial charge is 0.375 e. The fraction of sp³-hybridized carbons (Fsp3) is 0.600. The quantitative estimate of drug-likeness (QED) is 0.822. The predicted molar refractivity (Wildman–Crippen MR) is 69.9 cm³/mol. The van der Waals surface area contributed by atoms with Gasteiger partial charge in [0.05, 0.1) is 15.7 Å². The number of thioether (sulfide) groups is 1. The van der Waals surface area contributed by atoms with Crippen LogP contribution in [0.5, 0.6) is 0 Å². The summed E-state index contributed by atoms with van der Waals surface area (Å²) in [5, 5.41) is 0.565. The van der Waals surface area contributed by atoms with Gasteiger partial charge in [-0.25, -0.2) is 4.98 Å². The summed E-state index contributed by atoms with van der Waals surface area (Å²) in [6.07, 6.45) is 0. The highest BCUT2D eigenvalue weighted by Gasteiger charge is 2.12. The molecule has 0 aliphatic rings. The van der Waals surface area contributed by atoms with Crippen molar-refractivity contribution in [3.05, 3.63) is 5.69 Å². The van der Waals surface area contributed by atoms with Gasteiger partial charge in [0.15, 0.2) is 5.13 Å². The highest BCUT2D eigenvalue weighted by atomic mass is 32.2. The first-order valence-corrected chi connectivity index (χ1v) is 7.02. The molecule has 0 aromatic carbocycles. The molecule has 0 aliphatic carbocycles. The van der Waals surface area contributed by atoms with Crippen molar-refractivity contribution >= 4 is 34.1 Å². The van der Waals surface area contributed by atoms with Gasteiger partial charge in [-0.05, 0) is 20.8 Å². The Morgan fingerprint density at radius 2 is 2.12 bits per heavy atom. The Morgan fingerprint density at radius 1 is 1.50 bits per heavy atom. The second-order valence-electron chi connectivity index (χ2n) is 3.28. The number of aromatic nitrogens is 1. The van der Waals surface area contributed by atoms with Gasteiger partial charge in [0.25, 0.3) is 0 Å². The Labute approximate surface area is 104 Å². The summed E-state index contributed by atoms with van der Waals surface area (Å²) >= 11 is 2.96. The number of nitrogen functional groups attached to an aromatic ring is 1. The van der Waals surface area contributed by atoms with E-state index < -0.39 is 0 Å². The molecule has 0 saturated carbocycles. The van der Waals surface area contributed by atoms with Crippen molar-refractivity contribution in [1.82, 2.24) is 9.88 Å². The van der Waals surface area contributed by atoms with Crippen molar-refractivity contribution in [2.45, 2.75) is 25.0 Å². The molecule has 16 heavy (non-hydrogen) atoms. The number of aryl methyl sites for hydroxylation is 1. The molecular formula is C10H17N3OS2. The van der Waals surface area contributed by atoms with Gasteiger partial charge < -0.3 is 10.6 Å². The van der Waals surface area contributed by atoms with E-state index in [4.69, 9.17) is 5.73 Å². The first-order valence-electron chi connectivity index (χ1n) is 5.21. The lowest BCUT2D eigenvalue weighted by Crippen LogP contribution is -2.31. The van der Waals surface area contributed by atoms with Crippen LogP contribution in [0.15, 0.2) is 4.21 Å². The second kappa shape index (κ2) is 6.10. The smallest absolute Gasteiger partial charge is 0.232 e. The highest BCUT2D eigenvalue weighted by Crippen LogP contribution is 2.30. The number of carbonyl (C=O) groups is 1. The molecule has 0 fully saturated rings. The van der Waals surface area contributed by atoms with E-state index in [1.165, 1.54) is 23.1 Å². The molecule has 1 rings (SSSR count). The van der Waals surface area contributed by atoms with Crippen LogP contribution in [0.4, 0.5) is 5.13 Å². The lowest BCUT2D eigenvalue weighted by molar-refractivity contribution is -0.127. The molecule has 2 N–H and O–H groups in total. The standard InChI is InChI=1S/C10H17N3OS2/c1-4-13(5-2)8(14)6-15-9-7(3)12-10(11)16-9/h4-6H2,1-3H3,(H2,11,12). The van der Waals surface area contributed by atoms with Crippen molar-refractivity contribution in [3.8, 4) is 0 Å². The summed E-state index contributed by atoms with van der Waals surface area (Å²) in [5.41, 5.74) is 6.51. The Bertz CT molecular complexity index is 361. The normalized spacial score (nSPS) is 10.4. The van der Waals surface area contributed by atoms with E-state index in [9.17, 15) is 4.79 Å². The van der Waals surface area contributed by atoms with Crippen LogP contribution in [-0.2, 0) is 4.79 Å².